The van der Waals surface area contributed by atoms with Crippen LogP contribution in [0.3, 0.4) is 0 Å². The predicted octanol–water partition coefficient (Wildman–Crippen LogP) is 2.95. The van der Waals surface area contributed by atoms with Crippen LogP contribution in [-0.4, -0.2) is 32.8 Å². The van der Waals surface area contributed by atoms with Gasteiger partial charge in [-0.05, 0) is 23.6 Å². The first-order valence-corrected chi connectivity index (χ1v) is 8.59. The van der Waals surface area contributed by atoms with Gasteiger partial charge in [0.1, 0.15) is 0 Å². The van der Waals surface area contributed by atoms with Crippen LogP contribution in [0, 0.1) is 5.92 Å². The van der Waals surface area contributed by atoms with Crippen molar-refractivity contribution in [3.63, 3.8) is 0 Å². The van der Waals surface area contributed by atoms with Gasteiger partial charge in [-0.2, -0.15) is 0 Å². The standard InChI is InChI=1S/C18H29N3O2/c1-4-14(5-2)12-20-18(19-3)21-13-15-7-8-16-17(11-15)23-10-6-9-22-16/h7-8,11,14H,4-6,9-10,12-13H2,1-3H3,(H2,19,20,21). The summed E-state index contributed by atoms with van der Waals surface area (Å²) in [5.74, 6) is 3.19. The van der Waals surface area contributed by atoms with E-state index in [1.54, 1.807) is 7.05 Å². The maximum Gasteiger partial charge on any atom is 0.191 e. The zero-order valence-corrected chi connectivity index (χ0v) is 14.5. The van der Waals surface area contributed by atoms with Crippen LogP contribution in [-0.2, 0) is 6.54 Å². The number of benzene rings is 1. The Hall–Kier alpha value is -1.91. The fourth-order valence-electron chi connectivity index (χ4n) is 2.54. The summed E-state index contributed by atoms with van der Waals surface area (Å²) in [6, 6.07) is 6.09. The number of fused-ring (bicyclic) bond motifs is 1. The minimum absolute atomic E-state index is 0.687. The minimum Gasteiger partial charge on any atom is -0.490 e. The van der Waals surface area contributed by atoms with Crippen molar-refractivity contribution in [3.8, 4) is 11.5 Å². The number of aliphatic imine (C=N–C) groups is 1. The van der Waals surface area contributed by atoms with Gasteiger partial charge in [0, 0.05) is 26.6 Å². The Morgan fingerprint density at radius 2 is 1.87 bits per heavy atom. The number of rotatable bonds is 6. The van der Waals surface area contributed by atoms with E-state index in [1.807, 2.05) is 12.1 Å². The van der Waals surface area contributed by atoms with Gasteiger partial charge in [-0.15, -0.1) is 0 Å². The lowest BCUT2D eigenvalue weighted by molar-refractivity contribution is 0.297. The van der Waals surface area contributed by atoms with Gasteiger partial charge < -0.3 is 20.1 Å². The van der Waals surface area contributed by atoms with Gasteiger partial charge in [0.05, 0.1) is 13.2 Å². The van der Waals surface area contributed by atoms with Gasteiger partial charge >= 0.3 is 0 Å². The molecule has 0 saturated heterocycles. The predicted molar refractivity (Wildman–Crippen MR) is 94.3 cm³/mol. The van der Waals surface area contributed by atoms with E-state index in [2.05, 4.69) is 35.5 Å². The van der Waals surface area contributed by atoms with Gasteiger partial charge in [-0.1, -0.05) is 32.8 Å². The van der Waals surface area contributed by atoms with Gasteiger partial charge in [0.2, 0.25) is 0 Å². The molecule has 0 aromatic heterocycles. The van der Waals surface area contributed by atoms with Crippen molar-refractivity contribution in [1.82, 2.24) is 10.6 Å². The Kier molecular flexibility index (Phi) is 7.04. The molecule has 0 aliphatic carbocycles. The van der Waals surface area contributed by atoms with E-state index in [1.165, 1.54) is 12.8 Å². The highest BCUT2D eigenvalue weighted by atomic mass is 16.5. The maximum absolute atomic E-state index is 5.73. The summed E-state index contributed by atoms with van der Waals surface area (Å²) in [5.41, 5.74) is 1.15. The van der Waals surface area contributed by atoms with E-state index in [0.717, 1.165) is 42.6 Å². The summed E-state index contributed by atoms with van der Waals surface area (Å²) in [6.45, 7) is 7.54. The topological polar surface area (TPSA) is 54.9 Å². The molecular formula is C18H29N3O2. The summed E-state index contributed by atoms with van der Waals surface area (Å²) in [4.78, 5) is 4.28. The van der Waals surface area contributed by atoms with Gasteiger partial charge in [-0.25, -0.2) is 0 Å². The molecule has 1 aromatic carbocycles. The van der Waals surface area contributed by atoms with Crippen LogP contribution in [0.5, 0.6) is 11.5 Å². The zero-order valence-electron chi connectivity index (χ0n) is 14.5. The number of hydrogen-bond donors (Lipinski definition) is 2. The molecule has 1 heterocycles. The molecule has 2 N–H and O–H groups in total. The largest absolute Gasteiger partial charge is 0.490 e. The van der Waals surface area contributed by atoms with Crippen molar-refractivity contribution in [3.05, 3.63) is 23.8 Å². The van der Waals surface area contributed by atoms with Crippen LogP contribution in [0.2, 0.25) is 0 Å². The number of hydrogen-bond acceptors (Lipinski definition) is 3. The number of guanidine groups is 1. The molecule has 0 fully saturated rings. The van der Waals surface area contributed by atoms with Crippen LogP contribution in [0.25, 0.3) is 0 Å². The molecule has 0 spiro atoms. The molecule has 0 unspecified atom stereocenters. The first-order valence-electron chi connectivity index (χ1n) is 8.59. The third-order valence-corrected chi connectivity index (χ3v) is 4.21. The highest BCUT2D eigenvalue weighted by molar-refractivity contribution is 5.79. The number of nitrogens with zero attached hydrogens (tertiary/aromatic N) is 1. The Labute approximate surface area is 139 Å². The molecular weight excluding hydrogens is 290 g/mol. The Bertz CT molecular complexity index is 513. The highest BCUT2D eigenvalue weighted by Gasteiger charge is 2.11. The second-order valence-electron chi connectivity index (χ2n) is 5.82. The second kappa shape index (κ2) is 9.28. The van der Waals surface area contributed by atoms with Gasteiger partial charge in [-0.3, -0.25) is 4.99 Å². The molecule has 1 aromatic rings. The second-order valence-corrected chi connectivity index (χ2v) is 5.82. The van der Waals surface area contributed by atoms with E-state index in [4.69, 9.17) is 9.47 Å². The van der Waals surface area contributed by atoms with Crippen LogP contribution < -0.4 is 20.1 Å². The number of nitrogens with one attached hydrogen (secondary N) is 2. The van der Waals surface area contributed by atoms with Crippen LogP contribution in [0.4, 0.5) is 0 Å². The van der Waals surface area contributed by atoms with Crippen LogP contribution in [0.1, 0.15) is 38.7 Å². The summed E-state index contributed by atoms with van der Waals surface area (Å²) in [7, 11) is 1.80. The monoisotopic (exact) mass is 319 g/mol. The van der Waals surface area contributed by atoms with Crippen molar-refractivity contribution in [2.24, 2.45) is 10.9 Å². The summed E-state index contributed by atoms with van der Waals surface area (Å²) < 4.78 is 11.4. The first-order chi connectivity index (χ1) is 11.3. The maximum atomic E-state index is 5.73. The zero-order chi connectivity index (χ0) is 16.5. The molecule has 0 bridgehead atoms. The van der Waals surface area contributed by atoms with Gasteiger partial charge in [0.25, 0.3) is 0 Å². The lowest BCUT2D eigenvalue weighted by Crippen LogP contribution is -2.39. The van der Waals surface area contributed by atoms with Crippen molar-refractivity contribution in [2.75, 3.05) is 26.8 Å². The average Bonchev–Trinajstić information content (AvgIpc) is 2.83. The number of ether oxygens (including phenoxy) is 2. The lowest BCUT2D eigenvalue weighted by atomic mass is 10.0. The quantitative estimate of drug-likeness (QED) is 0.625. The first kappa shape index (κ1) is 17.4. The SMILES string of the molecule is CCC(CC)CNC(=NC)NCc1ccc2c(c1)OCCCO2. The molecule has 0 amide bonds. The van der Waals surface area contributed by atoms with Crippen molar-refractivity contribution < 1.29 is 9.47 Å². The smallest absolute Gasteiger partial charge is 0.191 e. The van der Waals surface area contributed by atoms with E-state index in [-0.39, 0.29) is 0 Å². The van der Waals surface area contributed by atoms with E-state index in [9.17, 15) is 0 Å². The summed E-state index contributed by atoms with van der Waals surface area (Å²) in [6.07, 6.45) is 3.29. The minimum atomic E-state index is 0.687. The Balaban J connectivity index is 1.87. The van der Waals surface area contributed by atoms with Crippen molar-refractivity contribution in [2.45, 2.75) is 39.7 Å². The summed E-state index contributed by atoms with van der Waals surface area (Å²) in [5, 5.41) is 6.75. The fourth-order valence-corrected chi connectivity index (χ4v) is 2.54. The van der Waals surface area contributed by atoms with Gasteiger partial charge in [0.15, 0.2) is 17.5 Å². The molecule has 0 radical (unpaired) electrons. The molecule has 1 aliphatic heterocycles. The van der Waals surface area contributed by atoms with E-state index in [0.29, 0.717) is 19.1 Å². The average molecular weight is 319 g/mol. The van der Waals surface area contributed by atoms with E-state index < -0.39 is 0 Å². The molecule has 5 heteroatoms. The highest BCUT2D eigenvalue weighted by Crippen LogP contribution is 2.30. The Morgan fingerprint density at radius 1 is 1.13 bits per heavy atom. The normalized spacial score (nSPS) is 14.5. The fraction of sp³-hybridized carbons (Fsp3) is 0.611. The summed E-state index contributed by atoms with van der Waals surface area (Å²) >= 11 is 0. The lowest BCUT2D eigenvalue weighted by Gasteiger charge is -2.17. The van der Waals surface area contributed by atoms with Crippen LogP contribution in [0.15, 0.2) is 23.2 Å². The molecule has 128 valence electrons. The van der Waals surface area contributed by atoms with E-state index >= 15 is 0 Å². The Morgan fingerprint density at radius 3 is 2.57 bits per heavy atom. The third-order valence-electron chi connectivity index (χ3n) is 4.21. The van der Waals surface area contributed by atoms with Crippen molar-refractivity contribution >= 4 is 5.96 Å². The molecule has 1 aliphatic rings. The van der Waals surface area contributed by atoms with Crippen molar-refractivity contribution in [1.29, 1.82) is 0 Å². The molecule has 0 saturated carbocycles. The molecule has 0 atom stereocenters. The third kappa shape index (κ3) is 5.34. The molecule has 5 nitrogen and oxygen atoms in total. The molecule has 2 rings (SSSR count). The van der Waals surface area contributed by atoms with Crippen LogP contribution >= 0.6 is 0 Å². The molecule has 23 heavy (non-hydrogen) atoms.